The predicted octanol–water partition coefficient (Wildman–Crippen LogP) is 6.76. The summed E-state index contributed by atoms with van der Waals surface area (Å²) in [5, 5.41) is 8.79. The van der Waals surface area contributed by atoms with Gasteiger partial charge < -0.3 is 9.53 Å². The van der Waals surface area contributed by atoms with Gasteiger partial charge in [0.05, 0.1) is 0 Å². The first-order valence-electron chi connectivity index (χ1n) is 11.2. The van der Waals surface area contributed by atoms with E-state index in [4.69, 9.17) is 4.43 Å². The Morgan fingerprint density at radius 3 is 1.56 bits per heavy atom. The third-order valence-corrected chi connectivity index (χ3v) is 11.4. The molecule has 2 aromatic rings. The van der Waals surface area contributed by atoms with Gasteiger partial charge in [0.25, 0.3) is 19.5 Å². The summed E-state index contributed by atoms with van der Waals surface area (Å²) in [7, 11) is -6.01. The summed E-state index contributed by atoms with van der Waals surface area (Å²) >= 11 is 0. The summed E-state index contributed by atoms with van der Waals surface area (Å²) in [6, 6.07) is 7.47. The fraction of sp³-hybridized carbons (Fsp3) is 0.500. The molecule has 1 aliphatic rings. The van der Waals surface area contributed by atoms with E-state index in [1.807, 2.05) is 0 Å². The molecule has 2 atom stereocenters. The molecule has 0 unspecified atom stereocenters. The van der Waals surface area contributed by atoms with Crippen molar-refractivity contribution in [3.8, 4) is 0 Å². The molecule has 15 heteroatoms. The summed E-state index contributed by atoms with van der Waals surface area (Å²) in [6.45, 7) is 3.42. The average Bonchev–Trinajstić information content (AvgIpc) is 3.09. The molecule has 0 bridgehead atoms. The summed E-state index contributed by atoms with van der Waals surface area (Å²) in [4.78, 5) is 0. The molecule has 1 N–H and O–H groups in total. The molecular weight excluding hydrogens is 576 g/mol. The largest absolute Gasteiger partial charge is 0.429 e. The zero-order valence-electron chi connectivity index (χ0n) is 20.4. The number of hydrogen-bond acceptors (Lipinski definition) is 2. The summed E-state index contributed by atoms with van der Waals surface area (Å²) in [5.74, 6) is 0. The summed E-state index contributed by atoms with van der Waals surface area (Å²) in [6.07, 6.45) is -27.2. The van der Waals surface area contributed by atoms with Gasteiger partial charge in [0.2, 0.25) is 0 Å². The Bertz CT molecular complexity index is 1150. The molecule has 0 saturated carbocycles. The van der Waals surface area contributed by atoms with Crippen LogP contribution in [-0.2, 0) is 10.0 Å². The van der Waals surface area contributed by atoms with E-state index in [1.54, 1.807) is 0 Å². The molecule has 2 aromatic carbocycles. The first-order valence-corrected chi connectivity index (χ1v) is 13.2. The Morgan fingerprint density at radius 2 is 1.15 bits per heavy atom. The summed E-state index contributed by atoms with van der Waals surface area (Å²) in [5.41, 5.74) is -17.6. The van der Waals surface area contributed by atoms with E-state index in [0.29, 0.717) is 12.1 Å². The van der Waals surface area contributed by atoms with Crippen LogP contribution >= 0.6 is 0 Å². The zero-order chi connectivity index (χ0) is 30.1. The van der Waals surface area contributed by atoms with Crippen molar-refractivity contribution in [2.24, 2.45) is 5.41 Å². The highest BCUT2D eigenvalue weighted by atomic mass is 28.4. The maximum absolute atomic E-state index is 14.5. The van der Waals surface area contributed by atoms with Crippen molar-refractivity contribution in [3.05, 3.63) is 60.2 Å². The van der Waals surface area contributed by atoms with Gasteiger partial charge in [-0.1, -0.05) is 75.4 Å². The van der Waals surface area contributed by atoms with Gasteiger partial charge in [-0.3, -0.25) is 0 Å². The quantitative estimate of drug-likeness (QED) is 0.312. The van der Waals surface area contributed by atoms with Gasteiger partial charge >= 0.3 is 24.7 Å². The van der Waals surface area contributed by atoms with Gasteiger partial charge in [-0.2, -0.15) is 52.7 Å². The van der Waals surface area contributed by atoms with Gasteiger partial charge in [-0.25, -0.2) is 0 Å². The second kappa shape index (κ2) is 9.13. The number of halogens is 12. The molecule has 0 fully saturated rings. The van der Waals surface area contributed by atoms with Crippen molar-refractivity contribution in [3.63, 3.8) is 0 Å². The topological polar surface area (TPSA) is 29.5 Å². The van der Waals surface area contributed by atoms with Crippen LogP contribution < -0.4 is 10.4 Å². The summed E-state index contributed by atoms with van der Waals surface area (Å²) < 4.78 is 178. The predicted molar refractivity (Wildman–Crippen MR) is 118 cm³/mol. The Hall–Kier alpha value is -2.26. The smallest absolute Gasteiger partial charge is 0.383 e. The second-order valence-corrected chi connectivity index (χ2v) is 14.0. The molecule has 39 heavy (non-hydrogen) atoms. The van der Waals surface area contributed by atoms with Gasteiger partial charge in [-0.05, 0) is 22.2 Å². The minimum absolute atomic E-state index is 0.322. The maximum atomic E-state index is 14.5. The van der Waals surface area contributed by atoms with Crippen LogP contribution in [0.4, 0.5) is 52.7 Å². The highest BCUT2D eigenvalue weighted by Crippen LogP contribution is 2.63. The minimum Gasteiger partial charge on any atom is -0.383 e. The van der Waals surface area contributed by atoms with Crippen molar-refractivity contribution in [2.45, 2.75) is 68.6 Å². The zero-order valence-corrected chi connectivity index (χ0v) is 21.4. The molecule has 0 spiro atoms. The van der Waals surface area contributed by atoms with E-state index in [9.17, 15) is 57.8 Å². The Kier molecular flexibility index (Phi) is 7.32. The number of hydrogen-bond donors (Lipinski definition) is 1. The van der Waals surface area contributed by atoms with E-state index < -0.39 is 77.5 Å². The molecular formula is C24H22F12O2Si. The van der Waals surface area contributed by atoms with E-state index in [2.05, 4.69) is 0 Å². The van der Waals surface area contributed by atoms with Gasteiger partial charge in [-0.15, -0.1) is 0 Å². The standard InChI is InChI=1S/C24H22F12O2Si/c1-18(2,3)13-17(19(37,21(25,26)27)22(28,29)30)39(14-9-5-4-6-10-14)16-12-8-7-11-15(16)20(38-39,23(31,32)33)24(34,35)36/h4-12,17,37H,13H2,1-3H3/t17-,39+/m1/s1. The van der Waals surface area contributed by atoms with Crippen molar-refractivity contribution < 1.29 is 62.2 Å². The lowest BCUT2D eigenvalue weighted by Crippen LogP contribution is -2.74. The normalized spacial score (nSPS) is 21.5. The van der Waals surface area contributed by atoms with Crippen molar-refractivity contribution >= 4 is 18.7 Å². The van der Waals surface area contributed by atoms with Crippen LogP contribution in [0, 0.1) is 5.41 Å². The molecule has 0 aliphatic carbocycles. The lowest BCUT2D eigenvalue weighted by Gasteiger charge is -2.49. The van der Waals surface area contributed by atoms with Crippen LogP contribution in [0.15, 0.2) is 54.6 Å². The fourth-order valence-corrected chi connectivity index (χ4v) is 11.0. The molecule has 1 aliphatic heterocycles. The highest BCUT2D eigenvalue weighted by molar-refractivity contribution is 6.99. The van der Waals surface area contributed by atoms with Gasteiger partial charge in [0.1, 0.15) is 0 Å². The molecule has 1 heterocycles. The van der Waals surface area contributed by atoms with Crippen LogP contribution in [0.2, 0.25) is 5.54 Å². The van der Waals surface area contributed by atoms with E-state index in [0.717, 1.165) is 57.2 Å². The molecule has 2 nitrogen and oxygen atoms in total. The van der Waals surface area contributed by atoms with E-state index >= 15 is 0 Å². The lowest BCUT2D eigenvalue weighted by atomic mass is 9.83. The molecule has 0 aromatic heterocycles. The minimum atomic E-state index is -6.57. The average molecular weight is 598 g/mol. The molecule has 0 saturated heterocycles. The SMILES string of the molecule is CC(C)(C)C[C@H](C(O)(C(F)(F)F)C(F)(F)F)[Si@@]1(c2ccccc2)OC(C(F)(F)F)(C(F)(F)F)c2ccccc21. The molecule has 3 rings (SSSR count). The molecule has 0 amide bonds. The van der Waals surface area contributed by atoms with Crippen LogP contribution in [0.3, 0.4) is 0 Å². The monoisotopic (exact) mass is 598 g/mol. The van der Waals surface area contributed by atoms with Crippen molar-refractivity contribution in [1.29, 1.82) is 0 Å². The number of fused-ring (bicyclic) bond motifs is 1. The van der Waals surface area contributed by atoms with Crippen LogP contribution in [0.25, 0.3) is 0 Å². The first-order chi connectivity index (χ1) is 17.4. The Labute approximate surface area is 215 Å². The van der Waals surface area contributed by atoms with Gasteiger partial charge in [0.15, 0.2) is 0 Å². The van der Waals surface area contributed by atoms with Crippen molar-refractivity contribution in [2.75, 3.05) is 0 Å². The van der Waals surface area contributed by atoms with Crippen LogP contribution in [-0.4, -0.2) is 43.7 Å². The number of aliphatic hydroxyl groups is 1. The van der Waals surface area contributed by atoms with Gasteiger partial charge in [0, 0.05) is 11.1 Å². The molecule has 0 radical (unpaired) electrons. The second-order valence-electron chi connectivity index (χ2n) is 10.5. The Balaban J connectivity index is 2.66. The third-order valence-electron chi connectivity index (χ3n) is 6.70. The number of benzene rings is 2. The molecule has 218 valence electrons. The maximum Gasteiger partial charge on any atom is 0.429 e. The Morgan fingerprint density at radius 1 is 0.718 bits per heavy atom. The van der Waals surface area contributed by atoms with E-state index in [1.165, 1.54) is 6.07 Å². The highest BCUT2D eigenvalue weighted by Gasteiger charge is 2.85. The number of alkyl halides is 12. The van der Waals surface area contributed by atoms with Crippen LogP contribution in [0.5, 0.6) is 0 Å². The fourth-order valence-electron chi connectivity index (χ4n) is 5.16. The first kappa shape index (κ1) is 31.3. The van der Waals surface area contributed by atoms with E-state index in [-0.39, 0.29) is 0 Å². The number of rotatable bonds is 4. The lowest BCUT2D eigenvalue weighted by molar-refractivity contribution is -0.377. The van der Waals surface area contributed by atoms with Crippen LogP contribution in [0.1, 0.15) is 32.8 Å². The van der Waals surface area contributed by atoms with Crippen molar-refractivity contribution in [1.82, 2.24) is 0 Å². The third kappa shape index (κ3) is 4.63.